The number of nitrogens with two attached hydrogens (primary N) is 1. The van der Waals surface area contributed by atoms with Gasteiger partial charge in [-0.1, -0.05) is 35.3 Å². The molecule has 0 bridgehead atoms. The maximum absolute atomic E-state index is 11.8. The monoisotopic (exact) mass is 324 g/mol. The van der Waals surface area contributed by atoms with E-state index in [1.807, 2.05) is 0 Å². The van der Waals surface area contributed by atoms with Crippen LogP contribution in [0.5, 0.6) is 0 Å². The molecule has 2 rings (SSSR count). The molecule has 0 aromatic heterocycles. The summed E-state index contributed by atoms with van der Waals surface area (Å²) in [4.78, 5) is 11.8. The number of carbonyl (C=O) groups excluding carboxylic acids is 1. The molecule has 0 saturated heterocycles. The fourth-order valence-corrected chi connectivity index (χ4v) is 2.15. The van der Waals surface area contributed by atoms with Crippen molar-refractivity contribution < 1.29 is 9.53 Å². The summed E-state index contributed by atoms with van der Waals surface area (Å²) in [5.41, 5.74) is 7.78. The summed E-state index contributed by atoms with van der Waals surface area (Å²) in [6.07, 6.45) is 0. The van der Waals surface area contributed by atoms with Gasteiger partial charge in [-0.3, -0.25) is 0 Å². The van der Waals surface area contributed by atoms with Gasteiger partial charge in [-0.25, -0.2) is 4.79 Å². The van der Waals surface area contributed by atoms with Crippen molar-refractivity contribution in [1.82, 2.24) is 0 Å². The van der Waals surface area contributed by atoms with Crippen molar-refractivity contribution in [3.8, 4) is 0 Å². The number of ether oxygens (including phenoxy) is 1. The number of carbonyl (C=O) groups is 1. The first-order chi connectivity index (χ1) is 10.0. The van der Waals surface area contributed by atoms with Crippen LogP contribution in [0, 0.1) is 0 Å². The standard InChI is InChI=1S/C15H14Cl2N2O2/c1-2-21-15(20)9-5-3-8-12(14(9)18)19-11-7-4-6-10(16)13(11)17/h3-8,19H,2,18H2,1H3. The van der Waals surface area contributed by atoms with Gasteiger partial charge in [-0.15, -0.1) is 0 Å². The van der Waals surface area contributed by atoms with Crippen molar-refractivity contribution in [2.45, 2.75) is 6.92 Å². The van der Waals surface area contributed by atoms with Gasteiger partial charge in [0, 0.05) is 0 Å². The summed E-state index contributed by atoms with van der Waals surface area (Å²) in [6.45, 7) is 2.03. The van der Waals surface area contributed by atoms with Crippen LogP contribution in [0.4, 0.5) is 17.1 Å². The van der Waals surface area contributed by atoms with Crippen LogP contribution in [-0.2, 0) is 4.74 Å². The number of nitrogens with one attached hydrogen (secondary N) is 1. The fourth-order valence-electron chi connectivity index (χ4n) is 1.81. The molecular weight excluding hydrogens is 311 g/mol. The minimum Gasteiger partial charge on any atom is -0.462 e. The van der Waals surface area contributed by atoms with Gasteiger partial charge in [0.1, 0.15) is 0 Å². The molecule has 0 unspecified atom stereocenters. The molecule has 21 heavy (non-hydrogen) atoms. The van der Waals surface area contributed by atoms with Crippen LogP contribution in [0.15, 0.2) is 36.4 Å². The third kappa shape index (κ3) is 3.40. The minimum absolute atomic E-state index is 0.288. The summed E-state index contributed by atoms with van der Waals surface area (Å²) >= 11 is 12.1. The molecule has 0 aliphatic heterocycles. The summed E-state index contributed by atoms with van der Waals surface area (Å²) in [5.74, 6) is -0.462. The lowest BCUT2D eigenvalue weighted by Gasteiger charge is -2.13. The molecule has 0 aliphatic carbocycles. The smallest absolute Gasteiger partial charge is 0.340 e. The molecule has 0 fully saturated rings. The summed E-state index contributed by atoms with van der Waals surface area (Å²) in [5, 5.41) is 3.89. The number of hydrogen-bond acceptors (Lipinski definition) is 4. The van der Waals surface area contributed by atoms with Gasteiger partial charge in [0.05, 0.1) is 39.3 Å². The number of para-hydroxylation sites is 1. The van der Waals surface area contributed by atoms with Gasteiger partial charge in [-0.05, 0) is 31.2 Å². The Balaban J connectivity index is 2.35. The fraction of sp³-hybridized carbons (Fsp3) is 0.133. The minimum atomic E-state index is -0.462. The van der Waals surface area contributed by atoms with E-state index in [1.165, 1.54) is 0 Å². The van der Waals surface area contributed by atoms with E-state index in [2.05, 4.69) is 5.32 Å². The number of esters is 1. The largest absolute Gasteiger partial charge is 0.462 e. The van der Waals surface area contributed by atoms with Crippen LogP contribution < -0.4 is 11.1 Å². The van der Waals surface area contributed by atoms with E-state index in [9.17, 15) is 4.79 Å². The van der Waals surface area contributed by atoms with Crippen molar-refractivity contribution in [3.05, 3.63) is 52.0 Å². The average molecular weight is 325 g/mol. The molecule has 0 amide bonds. The van der Waals surface area contributed by atoms with Crippen molar-refractivity contribution in [1.29, 1.82) is 0 Å². The second-order valence-corrected chi connectivity index (χ2v) is 5.00. The van der Waals surface area contributed by atoms with Gasteiger partial charge in [0.15, 0.2) is 0 Å². The van der Waals surface area contributed by atoms with E-state index < -0.39 is 5.97 Å². The molecule has 2 aromatic carbocycles. The van der Waals surface area contributed by atoms with Gasteiger partial charge in [0.2, 0.25) is 0 Å². The first-order valence-corrected chi connectivity index (χ1v) is 7.06. The van der Waals surface area contributed by atoms with Gasteiger partial charge in [0.25, 0.3) is 0 Å². The predicted molar refractivity (Wildman–Crippen MR) is 86.6 cm³/mol. The first kappa shape index (κ1) is 15.5. The first-order valence-electron chi connectivity index (χ1n) is 6.31. The van der Waals surface area contributed by atoms with Crippen LogP contribution in [0.1, 0.15) is 17.3 Å². The maximum atomic E-state index is 11.8. The molecule has 0 spiro atoms. The topological polar surface area (TPSA) is 64.3 Å². The lowest BCUT2D eigenvalue weighted by molar-refractivity contribution is 0.0527. The molecule has 0 saturated carbocycles. The van der Waals surface area contributed by atoms with Gasteiger partial charge < -0.3 is 15.8 Å². The lowest BCUT2D eigenvalue weighted by Crippen LogP contribution is -2.09. The van der Waals surface area contributed by atoms with E-state index in [4.69, 9.17) is 33.7 Å². The zero-order valence-electron chi connectivity index (χ0n) is 11.3. The summed E-state index contributed by atoms with van der Waals surface area (Å²) in [7, 11) is 0. The van der Waals surface area contributed by atoms with Crippen molar-refractivity contribution in [2.75, 3.05) is 17.7 Å². The Kier molecular flexibility index (Phi) is 4.94. The Morgan fingerprint density at radius 1 is 1.19 bits per heavy atom. The Morgan fingerprint density at radius 2 is 1.86 bits per heavy atom. The zero-order chi connectivity index (χ0) is 15.4. The highest BCUT2D eigenvalue weighted by Gasteiger charge is 2.14. The number of benzene rings is 2. The highest BCUT2D eigenvalue weighted by Crippen LogP contribution is 2.34. The van der Waals surface area contributed by atoms with Crippen molar-refractivity contribution in [3.63, 3.8) is 0 Å². The summed E-state index contributed by atoms with van der Waals surface area (Å²) < 4.78 is 4.96. The zero-order valence-corrected chi connectivity index (χ0v) is 12.8. The molecule has 3 N–H and O–H groups in total. The second-order valence-electron chi connectivity index (χ2n) is 4.21. The van der Waals surface area contributed by atoms with E-state index in [1.54, 1.807) is 43.3 Å². The molecule has 6 heteroatoms. The maximum Gasteiger partial charge on any atom is 0.340 e. The average Bonchev–Trinajstić information content (AvgIpc) is 2.46. The SMILES string of the molecule is CCOC(=O)c1cccc(Nc2cccc(Cl)c2Cl)c1N. The Hall–Kier alpha value is -1.91. The second kappa shape index (κ2) is 6.70. The van der Waals surface area contributed by atoms with Crippen LogP contribution in [0.2, 0.25) is 10.0 Å². The quantitative estimate of drug-likeness (QED) is 0.642. The number of anilines is 3. The number of hydrogen-bond donors (Lipinski definition) is 2. The predicted octanol–water partition coefficient (Wildman–Crippen LogP) is 4.50. The molecule has 0 atom stereocenters. The van der Waals surface area contributed by atoms with Crippen molar-refractivity contribution in [2.24, 2.45) is 0 Å². The van der Waals surface area contributed by atoms with Gasteiger partial charge >= 0.3 is 5.97 Å². The third-order valence-corrected chi connectivity index (χ3v) is 3.64. The Bertz CT molecular complexity index is 675. The molecule has 0 heterocycles. The molecule has 110 valence electrons. The molecule has 2 aromatic rings. The Labute approximate surface area is 132 Å². The normalized spacial score (nSPS) is 10.2. The van der Waals surface area contributed by atoms with Crippen LogP contribution in [-0.4, -0.2) is 12.6 Å². The van der Waals surface area contributed by atoms with Crippen LogP contribution in [0.25, 0.3) is 0 Å². The van der Waals surface area contributed by atoms with Crippen LogP contribution in [0.3, 0.4) is 0 Å². The highest BCUT2D eigenvalue weighted by atomic mass is 35.5. The lowest BCUT2D eigenvalue weighted by atomic mass is 10.1. The van der Waals surface area contributed by atoms with E-state index in [0.717, 1.165) is 0 Å². The van der Waals surface area contributed by atoms with Gasteiger partial charge in [-0.2, -0.15) is 0 Å². The van der Waals surface area contributed by atoms with Crippen molar-refractivity contribution >= 4 is 46.2 Å². The van der Waals surface area contributed by atoms with Crippen LogP contribution >= 0.6 is 23.2 Å². The molecule has 4 nitrogen and oxygen atoms in total. The van der Waals surface area contributed by atoms with E-state index >= 15 is 0 Å². The number of nitrogen functional groups attached to an aromatic ring is 1. The molecule has 0 aliphatic rings. The third-order valence-electron chi connectivity index (χ3n) is 2.82. The summed E-state index contributed by atoms with van der Waals surface area (Å²) in [6, 6.07) is 10.3. The number of rotatable bonds is 4. The van der Waals surface area contributed by atoms with E-state index in [0.29, 0.717) is 32.7 Å². The molecule has 0 radical (unpaired) electrons. The molecular formula is C15H14Cl2N2O2. The Morgan fingerprint density at radius 3 is 2.57 bits per heavy atom. The van der Waals surface area contributed by atoms with E-state index in [-0.39, 0.29) is 6.61 Å². The number of halogens is 2. The highest BCUT2D eigenvalue weighted by molar-refractivity contribution is 6.43.